The average molecular weight is 163 g/mol. The quantitative estimate of drug-likeness (QED) is 0.686. The highest BCUT2D eigenvalue weighted by molar-refractivity contribution is 7.16. The molecule has 0 amide bonds. The van der Waals surface area contributed by atoms with Crippen molar-refractivity contribution in [1.82, 2.24) is 4.98 Å². The van der Waals surface area contributed by atoms with Crippen molar-refractivity contribution in [3.05, 3.63) is 9.34 Å². The van der Waals surface area contributed by atoms with Gasteiger partial charge in [0.1, 0.15) is 5.82 Å². The monoisotopic (exact) mass is 162 g/mol. The van der Waals surface area contributed by atoms with E-state index in [1.807, 2.05) is 6.92 Å². The summed E-state index contributed by atoms with van der Waals surface area (Å²) in [5.41, 5.74) is 5.47. The SMILES string of the molecule is CCc1sc(Cl)nc1N. The first kappa shape index (κ1) is 6.83. The number of nitrogens with zero attached hydrogens (tertiary/aromatic N) is 1. The molecule has 9 heavy (non-hydrogen) atoms. The second-order valence-electron chi connectivity index (χ2n) is 1.63. The number of thiazole rings is 1. The van der Waals surface area contributed by atoms with Gasteiger partial charge in [-0.1, -0.05) is 18.5 Å². The van der Waals surface area contributed by atoms with Crippen molar-refractivity contribution in [2.24, 2.45) is 0 Å². The second-order valence-corrected chi connectivity index (χ2v) is 3.29. The van der Waals surface area contributed by atoms with E-state index in [-0.39, 0.29) is 0 Å². The van der Waals surface area contributed by atoms with E-state index in [4.69, 9.17) is 17.3 Å². The molecule has 0 spiro atoms. The fourth-order valence-corrected chi connectivity index (χ4v) is 1.60. The average Bonchev–Trinajstić information content (AvgIpc) is 2.10. The molecule has 0 radical (unpaired) electrons. The molecule has 1 heterocycles. The first-order chi connectivity index (χ1) is 4.24. The van der Waals surface area contributed by atoms with E-state index in [1.54, 1.807) is 0 Å². The standard InChI is InChI=1S/C5H7ClN2S/c1-2-3-4(7)8-5(6)9-3/h2,7H2,1H3. The number of aromatic nitrogens is 1. The topological polar surface area (TPSA) is 38.9 Å². The van der Waals surface area contributed by atoms with E-state index >= 15 is 0 Å². The minimum absolute atomic E-state index is 0.532. The Hall–Kier alpha value is -0.280. The lowest BCUT2D eigenvalue weighted by Crippen LogP contribution is -1.87. The highest BCUT2D eigenvalue weighted by Crippen LogP contribution is 2.24. The van der Waals surface area contributed by atoms with Crippen LogP contribution in [0.25, 0.3) is 0 Å². The van der Waals surface area contributed by atoms with Gasteiger partial charge in [0.25, 0.3) is 0 Å². The molecule has 50 valence electrons. The number of anilines is 1. The Morgan fingerprint density at radius 2 is 2.44 bits per heavy atom. The normalized spacial score (nSPS) is 10.0. The Labute approximate surface area is 62.7 Å². The minimum Gasteiger partial charge on any atom is -0.383 e. The van der Waals surface area contributed by atoms with Crippen LogP contribution in [0.2, 0.25) is 4.47 Å². The number of aryl methyl sites for hydroxylation is 1. The summed E-state index contributed by atoms with van der Waals surface area (Å²) in [6, 6.07) is 0. The molecule has 0 unspecified atom stereocenters. The molecule has 0 saturated heterocycles. The summed E-state index contributed by atoms with van der Waals surface area (Å²) in [6.45, 7) is 2.03. The van der Waals surface area contributed by atoms with Gasteiger partial charge in [0.05, 0.1) is 0 Å². The predicted octanol–water partition coefficient (Wildman–Crippen LogP) is 1.94. The summed E-state index contributed by atoms with van der Waals surface area (Å²) >= 11 is 7.02. The lowest BCUT2D eigenvalue weighted by atomic mass is 10.4. The third-order valence-corrected chi connectivity index (χ3v) is 2.34. The maximum absolute atomic E-state index is 5.57. The lowest BCUT2D eigenvalue weighted by Gasteiger charge is -1.85. The van der Waals surface area contributed by atoms with Crippen LogP contribution < -0.4 is 5.73 Å². The molecule has 0 fully saturated rings. The molecule has 1 aromatic rings. The summed E-state index contributed by atoms with van der Waals surface area (Å²) < 4.78 is 0.532. The van der Waals surface area contributed by atoms with Crippen molar-refractivity contribution in [2.45, 2.75) is 13.3 Å². The minimum atomic E-state index is 0.532. The van der Waals surface area contributed by atoms with Crippen LogP contribution in [0, 0.1) is 0 Å². The molecule has 0 aliphatic rings. The summed E-state index contributed by atoms with van der Waals surface area (Å²) in [5.74, 6) is 0.576. The van der Waals surface area contributed by atoms with E-state index in [1.165, 1.54) is 11.3 Å². The molecular formula is C5H7ClN2S. The fourth-order valence-electron chi connectivity index (χ4n) is 0.587. The summed E-state index contributed by atoms with van der Waals surface area (Å²) in [7, 11) is 0. The maximum Gasteiger partial charge on any atom is 0.185 e. The van der Waals surface area contributed by atoms with Crippen LogP contribution in [-0.2, 0) is 6.42 Å². The van der Waals surface area contributed by atoms with Crippen LogP contribution in [0.15, 0.2) is 0 Å². The molecule has 0 aliphatic carbocycles. The van der Waals surface area contributed by atoms with Crippen molar-refractivity contribution in [2.75, 3.05) is 5.73 Å². The highest BCUT2D eigenvalue weighted by Gasteiger charge is 2.02. The zero-order valence-electron chi connectivity index (χ0n) is 5.02. The van der Waals surface area contributed by atoms with Crippen molar-refractivity contribution in [3.8, 4) is 0 Å². The van der Waals surface area contributed by atoms with Crippen molar-refractivity contribution < 1.29 is 0 Å². The number of halogens is 1. The van der Waals surface area contributed by atoms with Gasteiger partial charge in [-0.25, -0.2) is 4.98 Å². The zero-order valence-corrected chi connectivity index (χ0v) is 6.59. The van der Waals surface area contributed by atoms with Gasteiger partial charge in [-0.15, -0.1) is 11.3 Å². The molecule has 0 aliphatic heterocycles. The molecule has 1 rings (SSSR count). The summed E-state index contributed by atoms with van der Waals surface area (Å²) in [4.78, 5) is 4.91. The molecule has 0 aromatic carbocycles. The van der Waals surface area contributed by atoms with Crippen molar-refractivity contribution >= 4 is 28.8 Å². The van der Waals surface area contributed by atoms with Gasteiger partial charge in [-0.3, -0.25) is 0 Å². The first-order valence-electron chi connectivity index (χ1n) is 2.64. The number of hydrogen-bond donors (Lipinski definition) is 1. The summed E-state index contributed by atoms with van der Waals surface area (Å²) in [6.07, 6.45) is 0.913. The number of nitrogen functional groups attached to an aromatic ring is 1. The van der Waals surface area contributed by atoms with Crippen molar-refractivity contribution in [1.29, 1.82) is 0 Å². The van der Waals surface area contributed by atoms with E-state index < -0.39 is 0 Å². The van der Waals surface area contributed by atoms with Crippen molar-refractivity contribution in [3.63, 3.8) is 0 Å². The Bertz CT molecular complexity index is 209. The van der Waals surface area contributed by atoms with Crippen LogP contribution in [0.5, 0.6) is 0 Å². The Kier molecular flexibility index (Phi) is 1.93. The van der Waals surface area contributed by atoms with Gasteiger partial charge in [0.2, 0.25) is 0 Å². The molecule has 0 atom stereocenters. The van der Waals surface area contributed by atoms with Gasteiger partial charge >= 0.3 is 0 Å². The van der Waals surface area contributed by atoms with Gasteiger partial charge < -0.3 is 5.73 Å². The van der Waals surface area contributed by atoms with Crippen LogP contribution in [0.1, 0.15) is 11.8 Å². The van der Waals surface area contributed by atoms with E-state index in [0.717, 1.165) is 11.3 Å². The van der Waals surface area contributed by atoms with Crippen LogP contribution in [-0.4, -0.2) is 4.98 Å². The highest BCUT2D eigenvalue weighted by atomic mass is 35.5. The third-order valence-electron chi connectivity index (χ3n) is 1.02. The Balaban J connectivity index is 3.01. The Morgan fingerprint density at radius 1 is 1.78 bits per heavy atom. The zero-order chi connectivity index (χ0) is 6.85. The molecule has 0 saturated carbocycles. The lowest BCUT2D eigenvalue weighted by molar-refractivity contribution is 1.17. The molecular weight excluding hydrogens is 156 g/mol. The fraction of sp³-hybridized carbons (Fsp3) is 0.400. The molecule has 4 heteroatoms. The smallest absolute Gasteiger partial charge is 0.185 e. The van der Waals surface area contributed by atoms with E-state index in [2.05, 4.69) is 4.98 Å². The molecule has 1 aromatic heterocycles. The molecule has 2 N–H and O–H groups in total. The number of nitrogens with two attached hydrogens (primary N) is 1. The van der Waals surface area contributed by atoms with Gasteiger partial charge in [0.15, 0.2) is 4.47 Å². The molecule has 2 nitrogen and oxygen atoms in total. The van der Waals surface area contributed by atoms with Crippen LogP contribution >= 0.6 is 22.9 Å². The van der Waals surface area contributed by atoms with Gasteiger partial charge in [-0.05, 0) is 6.42 Å². The van der Waals surface area contributed by atoms with E-state index in [0.29, 0.717) is 10.3 Å². The molecule has 0 bridgehead atoms. The predicted molar refractivity (Wildman–Crippen MR) is 40.9 cm³/mol. The second kappa shape index (κ2) is 2.54. The van der Waals surface area contributed by atoms with Gasteiger partial charge in [-0.2, -0.15) is 0 Å². The number of rotatable bonds is 1. The Morgan fingerprint density at radius 3 is 2.67 bits per heavy atom. The van der Waals surface area contributed by atoms with Crippen LogP contribution in [0.3, 0.4) is 0 Å². The first-order valence-corrected chi connectivity index (χ1v) is 3.84. The van der Waals surface area contributed by atoms with E-state index in [9.17, 15) is 0 Å². The van der Waals surface area contributed by atoms with Crippen LogP contribution in [0.4, 0.5) is 5.82 Å². The maximum atomic E-state index is 5.57. The number of hydrogen-bond acceptors (Lipinski definition) is 3. The third kappa shape index (κ3) is 1.34. The largest absolute Gasteiger partial charge is 0.383 e. The van der Waals surface area contributed by atoms with Gasteiger partial charge in [0, 0.05) is 4.88 Å². The summed E-state index contributed by atoms with van der Waals surface area (Å²) in [5, 5.41) is 0.